The molecule has 1 fully saturated rings. The molecule has 1 atom stereocenters. The van der Waals surface area contributed by atoms with E-state index in [4.69, 9.17) is 0 Å². The van der Waals surface area contributed by atoms with Crippen molar-refractivity contribution in [2.45, 2.75) is 25.4 Å². The lowest BCUT2D eigenvalue weighted by molar-refractivity contribution is -0.132. The van der Waals surface area contributed by atoms with Crippen molar-refractivity contribution in [3.8, 4) is 0 Å². The Balaban J connectivity index is 1.58. The van der Waals surface area contributed by atoms with Crippen LogP contribution in [0.15, 0.2) is 35.0 Å². The number of hydrogen-bond donors (Lipinski definition) is 0. The van der Waals surface area contributed by atoms with Gasteiger partial charge in [-0.3, -0.25) is 18.8 Å². The molecule has 4 rings (SSSR count). The first-order valence-corrected chi connectivity index (χ1v) is 8.72. The van der Waals surface area contributed by atoms with Gasteiger partial charge in [0, 0.05) is 25.4 Å². The summed E-state index contributed by atoms with van der Waals surface area (Å²) >= 11 is 1.43. The van der Waals surface area contributed by atoms with Crippen molar-refractivity contribution in [2.24, 2.45) is 7.05 Å². The van der Waals surface area contributed by atoms with Crippen LogP contribution in [-0.2, 0) is 18.4 Å². The normalized spacial score (nSPS) is 17.7. The van der Waals surface area contributed by atoms with Crippen LogP contribution < -0.4 is 5.56 Å². The smallest absolute Gasteiger partial charge is 0.262 e. The maximum absolute atomic E-state index is 12.7. The summed E-state index contributed by atoms with van der Waals surface area (Å²) in [5.41, 5.74) is 0.883. The number of likely N-dealkylation sites (tertiary alicyclic amines) is 1. The molecular weight excluding hydrogens is 326 g/mol. The van der Waals surface area contributed by atoms with Gasteiger partial charge in [-0.1, -0.05) is 0 Å². The molecule has 0 aliphatic carbocycles. The van der Waals surface area contributed by atoms with E-state index in [1.165, 1.54) is 22.2 Å². The molecule has 0 radical (unpaired) electrons. The van der Waals surface area contributed by atoms with Crippen molar-refractivity contribution in [3.05, 3.63) is 46.1 Å². The Morgan fingerprint density at radius 1 is 1.46 bits per heavy atom. The molecule has 1 amide bonds. The highest BCUT2D eigenvalue weighted by Crippen LogP contribution is 2.31. The minimum atomic E-state index is -0.160. The van der Waals surface area contributed by atoms with Crippen molar-refractivity contribution in [3.63, 3.8) is 0 Å². The number of carbonyl (C=O) groups excluding carboxylic acids is 1. The van der Waals surface area contributed by atoms with E-state index in [1.807, 2.05) is 23.5 Å². The number of thiophene rings is 1. The van der Waals surface area contributed by atoms with Crippen LogP contribution in [0.5, 0.6) is 0 Å². The minimum absolute atomic E-state index is 0.0222. The summed E-state index contributed by atoms with van der Waals surface area (Å²) in [5, 5.41) is 6.60. The van der Waals surface area contributed by atoms with E-state index < -0.39 is 0 Å². The number of aryl methyl sites for hydroxylation is 1. The largest absolute Gasteiger partial charge is 0.334 e. The van der Waals surface area contributed by atoms with E-state index in [0.717, 1.165) is 18.4 Å². The number of amides is 1. The predicted octanol–water partition coefficient (Wildman–Crippen LogP) is 1.56. The van der Waals surface area contributed by atoms with Gasteiger partial charge in [0.2, 0.25) is 5.91 Å². The van der Waals surface area contributed by atoms with Gasteiger partial charge in [0.25, 0.3) is 5.56 Å². The maximum Gasteiger partial charge on any atom is 0.262 e. The van der Waals surface area contributed by atoms with E-state index in [-0.39, 0.29) is 24.1 Å². The zero-order valence-corrected chi connectivity index (χ0v) is 14.1. The van der Waals surface area contributed by atoms with Gasteiger partial charge in [-0.15, -0.1) is 11.3 Å². The summed E-state index contributed by atoms with van der Waals surface area (Å²) < 4.78 is 3.14. The van der Waals surface area contributed by atoms with Gasteiger partial charge in [0.15, 0.2) is 0 Å². The summed E-state index contributed by atoms with van der Waals surface area (Å²) in [7, 11) is 1.87. The molecular formula is C16H17N5O2S. The van der Waals surface area contributed by atoms with E-state index in [2.05, 4.69) is 10.1 Å². The fourth-order valence-electron chi connectivity index (χ4n) is 3.27. The van der Waals surface area contributed by atoms with Crippen LogP contribution in [0.4, 0.5) is 0 Å². The molecule has 0 spiro atoms. The van der Waals surface area contributed by atoms with E-state index in [1.54, 1.807) is 16.9 Å². The van der Waals surface area contributed by atoms with Crippen molar-refractivity contribution >= 4 is 27.5 Å². The van der Waals surface area contributed by atoms with Crippen LogP contribution in [0, 0.1) is 0 Å². The molecule has 0 N–H and O–H groups in total. The Kier molecular flexibility index (Phi) is 3.68. The molecule has 124 valence electrons. The Morgan fingerprint density at radius 2 is 2.33 bits per heavy atom. The summed E-state index contributed by atoms with van der Waals surface area (Å²) in [6, 6.07) is 1.80. The molecule has 0 aromatic carbocycles. The second-order valence-electron chi connectivity index (χ2n) is 6.01. The Hall–Kier alpha value is -2.48. The Bertz CT molecular complexity index is 957. The minimum Gasteiger partial charge on any atom is -0.334 e. The molecule has 7 nitrogen and oxygen atoms in total. The summed E-state index contributed by atoms with van der Waals surface area (Å²) in [6.45, 7) is 0.732. The highest BCUT2D eigenvalue weighted by molar-refractivity contribution is 7.16. The molecule has 1 aliphatic heterocycles. The number of hydrogen-bond acceptors (Lipinski definition) is 5. The van der Waals surface area contributed by atoms with Crippen LogP contribution in [0.25, 0.3) is 10.2 Å². The lowest BCUT2D eigenvalue weighted by Crippen LogP contribution is -2.36. The Morgan fingerprint density at radius 3 is 3.12 bits per heavy atom. The molecule has 0 unspecified atom stereocenters. The number of carbonyl (C=O) groups is 1. The molecule has 8 heteroatoms. The van der Waals surface area contributed by atoms with Gasteiger partial charge >= 0.3 is 0 Å². The van der Waals surface area contributed by atoms with E-state index in [9.17, 15) is 9.59 Å². The van der Waals surface area contributed by atoms with Crippen LogP contribution in [0.1, 0.15) is 24.4 Å². The predicted molar refractivity (Wildman–Crippen MR) is 90.8 cm³/mol. The van der Waals surface area contributed by atoms with Gasteiger partial charge in [0.1, 0.15) is 11.4 Å². The second kappa shape index (κ2) is 5.86. The third kappa shape index (κ3) is 2.52. The summed E-state index contributed by atoms with van der Waals surface area (Å²) in [6.07, 6.45) is 7.10. The van der Waals surface area contributed by atoms with Crippen molar-refractivity contribution in [1.29, 1.82) is 0 Å². The molecule has 24 heavy (non-hydrogen) atoms. The fraction of sp³-hybridized carbons (Fsp3) is 0.375. The van der Waals surface area contributed by atoms with Crippen LogP contribution in [-0.4, -0.2) is 36.7 Å². The topological polar surface area (TPSA) is 73.0 Å². The van der Waals surface area contributed by atoms with Gasteiger partial charge in [-0.2, -0.15) is 5.10 Å². The highest BCUT2D eigenvalue weighted by Gasteiger charge is 2.30. The number of nitrogens with zero attached hydrogens (tertiary/aromatic N) is 5. The van der Waals surface area contributed by atoms with Gasteiger partial charge in [-0.05, 0) is 24.3 Å². The molecule has 1 aliphatic rings. The molecule has 3 aromatic rings. The summed E-state index contributed by atoms with van der Waals surface area (Å²) in [4.78, 5) is 32.0. The monoisotopic (exact) mass is 343 g/mol. The van der Waals surface area contributed by atoms with Crippen LogP contribution in [0.3, 0.4) is 0 Å². The first-order valence-electron chi connectivity index (χ1n) is 7.84. The molecule has 3 aromatic heterocycles. The molecule has 0 bridgehead atoms. The van der Waals surface area contributed by atoms with E-state index >= 15 is 0 Å². The van der Waals surface area contributed by atoms with Gasteiger partial charge in [0.05, 0.1) is 24.0 Å². The average molecular weight is 343 g/mol. The third-order valence-electron chi connectivity index (χ3n) is 4.44. The number of fused-ring (bicyclic) bond motifs is 1. The second-order valence-corrected chi connectivity index (χ2v) is 6.90. The standard InChI is InChI=1S/C16H17N5O2S/c1-19-8-11(7-18-19)13-3-2-5-21(13)14(22)9-20-10-17-15-12(16(20)23)4-6-24-15/h4,6-8,10,13H,2-3,5,9H2,1H3/t13-/m1/s1. The number of aromatic nitrogens is 4. The van der Waals surface area contributed by atoms with Crippen LogP contribution >= 0.6 is 11.3 Å². The quantitative estimate of drug-likeness (QED) is 0.723. The average Bonchev–Trinajstić information content (AvgIpc) is 3.28. The van der Waals surface area contributed by atoms with Crippen molar-refractivity contribution in [2.75, 3.05) is 6.54 Å². The SMILES string of the molecule is Cn1cc([C@H]2CCCN2C(=O)Cn2cnc3sccc3c2=O)cn1. The first kappa shape index (κ1) is 15.1. The number of rotatable bonds is 3. The molecule has 0 saturated carbocycles. The van der Waals surface area contributed by atoms with Gasteiger partial charge < -0.3 is 4.90 Å². The summed E-state index contributed by atoms with van der Waals surface area (Å²) in [5.74, 6) is -0.0557. The highest BCUT2D eigenvalue weighted by atomic mass is 32.1. The Labute approximate surface area is 142 Å². The fourth-order valence-corrected chi connectivity index (χ4v) is 3.99. The third-order valence-corrected chi connectivity index (χ3v) is 5.26. The first-order chi connectivity index (χ1) is 11.6. The van der Waals surface area contributed by atoms with Crippen molar-refractivity contribution < 1.29 is 4.79 Å². The molecule has 1 saturated heterocycles. The maximum atomic E-state index is 12.7. The van der Waals surface area contributed by atoms with Gasteiger partial charge in [-0.25, -0.2) is 4.98 Å². The zero-order valence-electron chi connectivity index (χ0n) is 13.3. The lowest BCUT2D eigenvalue weighted by atomic mass is 10.1. The van der Waals surface area contributed by atoms with E-state index in [0.29, 0.717) is 16.8 Å². The van der Waals surface area contributed by atoms with Crippen LogP contribution in [0.2, 0.25) is 0 Å². The lowest BCUT2D eigenvalue weighted by Gasteiger charge is -2.24. The molecule has 4 heterocycles. The zero-order chi connectivity index (χ0) is 16.7. The van der Waals surface area contributed by atoms with Crippen molar-refractivity contribution in [1.82, 2.24) is 24.2 Å².